The number of nitrogens with two attached hydrogens (primary N) is 2. The number of carbonyl (C=O) groups is 3. The summed E-state index contributed by atoms with van der Waals surface area (Å²) in [6.07, 6.45) is 6.88. The van der Waals surface area contributed by atoms with Gasteiger partial charge in [-0.15, -0.1) is 0 Å². The number of nitrogens with zero attached hydrogens (tertiary/aromatic N) is 1. The highest BCUT2D eigenvalue weighted by atomic mass is 31.2. The summed E-state index contributed by atoms with van der Waals surface area (Å²) in [6, 6.07) is 23.7. The molecule has 5 atom stereocenters. The fraction of sp³-hybridized carbons (Fsp3) is 0.450. The molecule has 1 aliphatic heterocycles. The first kappa shape index (κ1) is 40.3. The van der Waals surface area contributed by atoms with E-state index in [1.165, 1.54) is 0 Å². The van der Waals surface area contributed by atoms with E-state index in [9.17, 15) is 23.8 Å². The molecule has 1 fully saturated rings. The van der Waals surface area contributed by atoms with Crippen molar-refractivity contribution < 1.29 is 28.4 Å². The molecule has 3 aromatic carbocycles. The number of amides is 3. The molecule has 0 bridgehead atoms. The summed E-state index contributed by atoms with van der Waals surface area (Å²) < 4.78 is 19.4. The molecule has 0 saturated heterocycles. The Morgan fingerprint density at radius 3 is 2.22 bits per heavy atom. The summed E-state index contributed by atoms with van der Waals surface area (Å²) in [5.74, 6) is -2.54. The molecule has 9 N–H and O–H groups in total. The summed E-state index contributed by atoms with van der Waals surface area (Å²) >= 11 is 0. The molecule has 5 rings (SSSR count). The number of anilines is 1. The quantitative estimate of drug-likeness (QED) is 0.0382. The van der Waals surface area contributed by atoms with Crippen molar-refractivity contribution in [3.8, 4) is 5.75 Å². The molecule has 0 spiro atoms. The zero-order chi connectivity index (χ0) is 38.3. The lowest BCUT2D eigenvalue weighted by Crippen LogP contribution is -2.55. The highest BCUT2D eigenvalue weighted by Crippen LogP contribution is 2.48. The second-order valence-corrected chi connectivity index (χ2v) is 16.2. The van der Waals surface area contributed by atoms with Crippen LogP contribution in [0, 0.1) is 5.92 Å². The van der Waals surface area contributed by atoms with E-state index in [0.29, 0.717) is 19.4 Å². The number of benzene rings is 3. The molecule has 0 aromatic heterocycles. The van der Waals surface area contributed by atoms with Crippen LogP contribution >= 0.6 is 7.60 Å². The van der Waals surface area contributed by atoms with Gasteiger partial charge in [0.15, 0.2) is 5.96 Å². The second kappa shape index (κ2) is 20.0. The fourth-order valence-electron chi connectivity index (χ4n) is 7.28. The van der Waals surface area contributed by atoms with Crippen molar-refractivity contribution in [1.82, 2.24) is 16.0 Å². The van der Waals surface area contributed by atoms with Crippen molar-refractivity contribution in [2.24, 2.45) is 22.4 Å². The molecule has 3 aromatic rings. The lowest BCUT2D eigenvalue weighted by molar-refractivity contribution is -0.132. The molecular formula is C40H54N7O6P. The largest absolute Gasteiger partial charge is 0.423 e. The molecule has 3 amide bonds. The van der Waals surface area contributed by atoms with Crippen molar-refractivity contribution in [3.63, 3.8) is 0 Å². The van der Waals surface area contributed by atoms with E-state index in [-0.39, 0.29) is 61.7 Å². The molecule has 2 aliphatic rings. The summed E-state index contributed by atoms with van der Waals surface area (Å²) in [5, 5.41) is 12.1. The van der Waals surface area contributed by atoms with Gasteiger partial charge in [-0.3, -0.25) is 19.4 Å². The van der Waals surface area contributed by atoms with Gasteiger partial charge in [0.1, 0.15) is 23.6 Å². The fourth-order valence-corrected chi connectivity index (χ4v) is 8.63. The van der Waals surface area contributed by atoms with Crippen molar-refractivity contribution in [3.05, 3.63) is 96.1 Å². The first-order valence-electron chi connectivity index (χ1n) is 19.0. The van der Waals surface area contributed by atoms with Crippen molar-refractivity contribution >= 4 is 37.0 Å². The predicted molar refractivity (Wildman–Crippen MR) is 211 cm³/mol. The average Bonchev–Trinajstić information content (AvgIpc) is 3.58. The van der Waals surface area contributed by atoms with Crippen LogP contribution in [0.4, 0.5) is 5.69 Å². The van der Waals surface area contributed by atoms with Gasteiger partial charge in [0, 0.05) is 31.1 Å². The molecule has 1 aliphatic carbocycles. The van der Waals surface area contributed by atoms with E-state index >= 15 is 0 Å². The first-order chi connectivity index (χ1) is 26.1. The van der Waals surface area contributed by atoms with Gasteiger partial charge < -0.3 is 42.2 Å². The van der Waals surface area contributed by atoms with Gasteiger partial charge in [0.05, 0.1) is 0 Å². The summed E-state index contributed by atoms with van der Waals surface area (Å²) in [4.78, 5) is 57.1. The average molecular weight is 760 g/mol. The smallest absolute Gasteiger partial charge is 0.398 e. The summed E-state index contributed by atoms with van der Waals surface area (Å²) in [5.41, 5.74) is 14.0. The summed E-state index contributed by atoms with van der Waals surface area (Å²) in [7, 11) is -4.53. The van der Waals surface area contributed by atoms with E-state index in [4.69, 9.17) is 16.0 Å². The van der Waals surface area contributed by atoms with Crippen LogP contribution in [0.25, 0.3) is 0 Å². The van der Waals surface area contributed by atoms with Crippen LogP contribution in [-0.4, -0.2) is 59.5 Å². The van der Waals surface area contributed by atoms with Crippen LogP contribution in [-0.2, 0) is 25.4 Å². The maximum absolute atomic E-state index is 14.3. The Morgan fingerprint density at radius 2 is 1.50 bits per heavy atom. The minimum atomic E-state index is -4.53. The number of hydrogen-bond acceptors (Lipinski definition) is 7. The molecule has 0 radical (unpaired) electrons. The maximum Gasteiger partial charge on any atom is 0.398 e. The number of carbonyl (C=O) groups excluding carboxylic acids is 3. The van der Waals surface area contributed by atoms with Gasteiger partial charge in [0.25, 0.3) is 0 Å². The van der Waals surface area contributed by atoms with Crippen LogP contribution in [0.5, 0.6) is 5.75 Å². The highest BCUT2D eigenvalue weighted by Gasteiger charge is 2.39. The van der Waals surface area contributed by atoms with E-state index in [2.05, 4.69) is 26.3 Å². The van der Waals surface area contributed by atoms with Crippen LogP contribution in [0.1, 0.15) is 81.3 Å². The van der Waals surface area contributed by atoms with E-state index < -0.39 is 37.3 Å². The number of aliphatic imine (C=N–C) groups is 1. The van der Waals surface area contributed by atoms with Gasteiger partial charge in [-0.2, -0.15) is 0 Å². The number of aryl methyl sites for hydroxylation is 1. The zero-order valence-electron chi connectivity index (χ0n) is 30.7. The van der Waals surface area contributed by atoms with E-state index in [1.807, 2.05) is 54.6 Å². The van der Waals surface area contributed by atoms with Crippen molar-refractivity contribution in [1.29, 1.82) is 0 Å². The van der Waals surface area contributed by atoms with Gasteiger partial charge in [0.2, 0.25) is 17.7 Å². The number of guanidine groups is 1. The minimum Gasteiger partial charge on any atom is -0.423 e. The number of fused-ring (bicyclic) bond motifs is 1. The lowest BCUT2D eigenvalue weighted by atomic mass is 9.84. The van der Waals surface area contributed by atoms with E-state index in [0.717, 1.165) is 48.9 Å². The predicted octanol–water partition coefficient (Wildman–Crippen LogP) is 4.92. The SMILES string of the molecule is NC(N)=NCCC[C@H](NC(=O)[C@H](C[C@@H]1CNc2ccccc21)NC(=O)[C@H](CC1CCCCC1)NC(=O)CCc1ccccc1)P(=O)(O)Oc1ccccc1. The lowest BCUT2D eigenvalue weighted by Gasteiger charge is -2.30. The van der Waals surface area contributed by atoms with E-state index in [1.54, 1.807) is 30.3 Å². The number of hydrogen-bond donors (Lipinski definition) is 7. The van der Waals surface area contributed by atoms with Crippen LogP contribution in [0.3, 0.4) is 0 Å². The third-order valence-corrected chi connectivity index (χ3v) is 11.8. The van der Waals surface area contributed by atoms with Crippen molar-refractivity contribution in [2.45, 2.75) is 94.4 Å². The molecule has 290 valence electrons. The second-order valence-electron chi connectivity index (χ2n) is 14.2. The van der Waals surface area contributed by atoms with Gasteiger partial charge >= 0.3 is 7.60 Å². The maximum atomic E-state index is 14.3. The molecule has 14 heteroatoms. The summed E-state index contributed by atoms with van der Waals surface area (Å²) in [6.45, 7) is 0.704. The standard InChI is InChI=1S/C40H54N7O6P/c41-40(42)43-24-12-21-37(54(51,52)53-31-17-8-3-9-18-31)47-39(50)35(26-30-27-44-33-20-11-10-19-32(30)33)46-38(49)34(25-29-15-6-2-7-16-29)45-36(48)23-22-28-13-4-1-5-14-28/h1,3-5,8-11,13-14,17-20,29-30,34-35,37,44H,2,6-7,12,15-16,21-27H2,(H,45,48)(H,46,49)(H,47,50)(H,51,52)(H4,41,42,43)/t30-,34+,35+,37-/m1/s1. The molecule has 1 heterocycles. The van der Waals surface area contributed by atoms with Crippen molar-refractivity contribution in [2.75, 3.05) is 18.4 Å². The number of para-hydroxylation sites is 2. The normalized spacial score (nSPS) is 18.1. The molecule has 1 unspecified atom stereocenters. The third-order valence-electron chi connectivity index (χ3n) is 10.1. The number of nitrogens with one attached hydrogen (secondary N) is 4. The number of rotatable bonds is 19. The Labute approximate surface area is 317 Å². The Bertz CT molecular complexity index is 1750. The molecule has 13 nitrogen and oxygen atoms in total. The van der Waals surface area contributed by atoms with Crippen LogP contribution < -0.4 is 37.3 Å². The zero-order valence-corrected chi connectivity index (χ0v) is 31.6. The molecular weight excluding hydrogens is 705 g/mol. The highest BCUT2D eigenvalue weighted by molar-refractivity contribution is 7.54. The monoisotopic (exact) mass is 759 g/mol. The topological polar surface area (TPSA) is 210 Å². The first-order valence-corrected chi connectivity index (χ1v) is 20.6. The Hall–Kier alpha value is -4.87. The van der Waals surface area contributed by atoms with Gasteiger partial charge in [-0.1, -0.05) is 98.8 Å². The minimum absolute atomic E-state index is 0.0133. The molecule has 1 saturated carbocycles. The molecule has 54 heavy (non-hydrogen) atoms. The Balaban J connectivity index is 1.37. The Kier molecular flexibility index (Phi) is 14.9. The Morgan fingerprint density at radius 1 is 0.852 bits per heavy atom. The van der Waals surface area contributed by atoms with Gasteiger partial charge in [-0.25, -0.2) is 4.57 Å². The third kappa shape index (κ3) is 12.3. The van der Waals surface area contributed by atoms with Gasteiger partial charge in [-0.05, 0) is 67.3 Å². The van der Waals surface area contributed by atoms with Crippen LogP contribution in [0.15, 0.2) is 89.9 Å². The van der Waals surface area contributed by atoms with Crippen LogP contribution in [0.2, 0.25) is 0 Å².